The van der Waals surface area contributed by atoms with Crippen molar-refractivity contribution in [3.8, 4) is 0 Å². The summed E-state index contributed by atoms with van der Waals surface area (Å²) in [5.74, 6) is -7.49. The van der Waals surface area contributed by atoms with Crippen LogP contribution in [-0.4, -0.2) is 91.6 Å². The number of unbranched alkanes of at least 4 members (excludes halogenated alkanes) is 1. The minimum atomic E-state index is -1.75. The molecule has 0 aromatic carbocycles. The van der Waals surface area contributed by atoms with Crippen molar-refractivity contribution in [2.45, 2.75) is 62.7 Å². The van der Waals surface area contributed by atoms with Gasteiger partial charge in [-0.15, -0.1) is 0 Å². The fraction of sp³-hybridized carbons (Fsp3) is 0.550. The molecule has 36 heavy (non-hydrogen) atoms. The molecular formula is C20H31N7O9. The molecule has 0 radical (unpaired) electrons. The maximum absolute atomic E-state index is 12.7. The predicted molar refractivity (Wildman–Crippen MR) is 121 cm³/mol. The van der Waals surface area contributed by atoms with Crippen molar-refractivity contribution in [2.24, 2.45) is 11.5 Å². The van der Waals surface area contributed by atoms with Gasteiger partial charge in [0, 0.05) is 18.3 Å². The minimum Gasteiger partial charge on any atom is -0.481 e. The molecule has 0 saturated carbocycles. The fourth-order valence-corrected chi connectivity index (χ4v) is 3.07. The van der Waals surface area contributed by atoms with Crippen LogP contribution in [0.4, 0.5) is 0 Å². The van der Waals surface area contributed by atoms with Gasteiger partial charge in [-0.25, -0.2) is 9.78 Å². The highest BCUT2D eigenvalue weighted by Gasteiger charge is 2.32. The van der Waals surface area contributed by atoms with Crippen molar-refractivity contribution in [1.29, 1.82) is 0 Å². The molecule has 1 heterocycles. The van der Waals surface area contributed by atoms with Gasteiger partial charge in [0.25, 0.3) is 0 Å². The molecule has 1 aromatic rings. The third-order valence-electron chi connectivity index (χ3n) is 4.92. The number of amides is 3. The van der Waals surface area contributed by atoms with Crippen molar-refractivity contribution < 1.29 is 44.1 Å². The van der Waals surface area contributed by atoms with Gasteiger partial charge in [-0.2, -0.15) is 0 Å². The first-order chi connectivity index (χ1) is 16.9. The van der Waals surface area contributed by atoms with Crippen LogP contribution in [-0.2, 0) is 35.2 Å². The van der Waals surface area contributed by atoms with Crippen LogP contribution >= 0.6 is 0 Å². The second-order valence-corrected chi connectivity index (χ2v) is 7.89. The molecule has 0 aliphatic heterocycles. The molecule has 200 valence electrons. The van der Waals surface area contributed by atoms with Gasteiger partial charge < -0.3 is 47.7 Å². The van der Waals surface area contributed by atoms with E-state index in [1.807, 2.05) is 0 Å². The Balaban J connectivity index is 2.93. The number of hydrogen-bond acceptors (Lipinski definition) is 9. The molecule has 4 atom stereocenters. The van der Waals surface area contributed by atoms with Crippen molar-refractivity contribution in [2.75, 3.05) is 6.54 Å². The fourth-order valence-electron chi connectivity index (χ4n) is 3.07. The van der Waals surface area contributed by atoms with Gasteiger partial charge in [-0.1, -0.05) is 0 Å². The van der Waals surface area contributed by atoms with E-state index in [1.165, 1.54) is 12.5 Å². The van der Waals surface area contributed by atoms with Gasteiger partial charge in [-0.3, -0.25) is 24.0 Å². The zero-order chi connectivity index (χ0) is 27.3. The Bertz CT molecular complexity index is 923. The number of aromatic nitrogens is 2. The van der Waals surface area contributed by atoms with E-state index in [-0.39, 0.29) is 12.8 Å². The number of rotatable bonds is 17. The lowest BCUT2D eigenvalue weighted by Crippen LogP contribution is -2.58. The molecule has 0 aliphatic carbocycles. The van der Waals surface area contributed by atoms with Gasteiger partial charge in [-0.05, 0) is 25.8 Å². The normalized spacial score (nSPS) is 14.1. The van der Waals surface area contributed by atoms with Crippen LogP contribution in [0, 0.1) is 0 Å². The van der Waals surface area contributed by atoms with E-state index in [1.54, 1.807) is 0 Å². The highest BCUT2D eigenvalue weighted by molar-refractivity contribution is 5.96. The second kappa shape index (κ2) is 15.0. The second-order valence-electron chi connectivity index (χ2n) is 7.89. The molecule has 0 bridgehead atoms. The lowest BCUT2D eigenvalue weighted by atomic mass is 10.1. The highest BCUT2D eigenvalue weighted by Crippen LogP contribution is 2.05. The first-order valence-corrected chi connectivity index (χ1v) is 10.9. The number of aromatic amines is 1. The number of aliphatic carboxylic acids is 3. The third-order valence-corrected chi connectivity index (χ3v) is 4.92. The van der Waals surface area contributed by atoms with Crippen molar-refractivity contribution in [3.63, 3.8) is 0 Å². The molecule has 0 spiro atoms. The Morgan fingerprint density at radius 2 is 1.39 bits per heavy atom. The third kappa shape index (κ3) is 10.9. The summed E-state index contributed by atoms with van der Waals surface area (Å²) in [6.45, 7) is 0.306. The van der Waals surface area contributed by atoms with Crippen molar-refractivity contribution >= 4 is 35.6 Å². The molecule has 4 unspecified atom stereocenters. The topological polar surface area (TPSA) is 280 Å². The van der Waals surface area contributed by atoms with Crippen LogP contribution in [0.1, 0.15) is 37.8 Å². The van der Waals surface area contributed by atoms with E-state index in [2.05, 4.69) is 25.9 Å². The Kier molecular flexibility index (Phi) is 12.5. The van der Waals surface area contributed by atoms with Crippen LogP contribution in [0.3, 0.4) is 0 Å². The molecule has 0 saturated heterocycles. The summed E-state index contributed by atoms with van der Waals surface area (Å²) in [5, 5.41) is 34.0. The molecule has 0 aliphatic rings. The van der Waals surface area contributed by atoms with E-state index in [4.69, 9.17) is 21.7 Å². The van der Waals surface area contributed by atoms with Gasteiger partial charge in [0.1, 0.15) is 18.1 Å². The summed E-state index contributed by atoms with van der Waals surface area (Å²) in [6.07, 6.45) is 1.83. The standard InChI is InChI=1S/C20H31N7O9/c21-4-2-1-3-12(20(35)36)25-18(33)14(7-16(30)31)27-19(34)13(6-15(28)29)26-17(32)11(22)5-10-8-23-9-24-10/h8-9,11-14H,1-7,21-22H2,(H,23,24)(H,25,33)(H,26,32)(H,27,34)(H,28,29)(H,30,31)(H,35,36). The Morgan fingerprint density at radius 3 is 1.83 bits per heavy atom. The summed E-state index contributed by atoms with van der Waals surface area (Å²) in [6, 6.07) is -6.00. The molecule has 16 nitrogen and oxygen atoms in total. The maximum atomic E-state index is 12.7. The van der Waals surface area contributed by atoms with Crippen LogP contribution in [0.15, 0.2) is 12.5 Å². The predicted octanol–water partition coefficient (Wildman–Crippen LogP) is -3.10. The number of nitrogens with one attached hydrogen (secondary N) is 4. The molecule has 16 heteroatoms. The quantitative estimate of drug-likeness (QED) is 0.0936. The summed E-state index contributed by atoms with van der Waals surface area (Å²) >= 11 is 0. The summed E-state index contributed by atoms with van der Waals surface area (Å²) in [5.41, 5.74) is 11.7. The molecule has 3 amide bonds. The van der Waals surface area contributed by atoms with E-state index in [0.717, 1.165) is 0 Å². The Labute approximate surface area is 205 Å². The lowest BCUT2D eigenvalue weighted by molar-refractivity contribution is -0.145. The van der Waals surface area contributed by atoms with Gasteiger partial charge in [0.15, 0.2) is 0 Å². The van der Waals surface area contributed by atoms with Crippen LogP contribution in [0.25, 0.3) is 0 Å². The molecular weight excluding hydrogens is 482 g/mol. The number of nitrogens with two attached hydrogens (primary N) is 2. The summed E-state index contributed by atoms with van der Waals surface area (Å²) < 4.78 is 0. The molecule has 1 aromatic heterocycles. The maximum Gasteiger partial charge on any atom is 0.326 e. The van der Waals surface area contributed by atoms with E-state index in [0.29, 0.717) is 25.1 Å². The van der Waals surface area contributed by atoms with E-state index in [9.17, 15) is 33.9 Å². The molecule has 0 fully saturated rings. The van der Waals surface area contributed by atoms with Crippen LogP contribution in [0.2, 0.25) is 0 Å². The van der Waals surface area contributed by atoms with Crippen LogP contribution in [0.5, 0.6) is 0 Å². The van der Waals surface area contributed by atoms with E-state index < -0.39 is 72.6 Å². The Hall–Kier alpha value is -4.05. The monoisotopic (exact) mass is 513 g/mol. The zero-order valence-corrected chi connectivity index (χ0v) is 19.3. The number of carbonyl (C=O) groups excluding carboxylic acids is 3. The number of nitrogens with zero attached hydrogens (tertiary/aromatic N) is 1. The van der Waals surface area contributed by atoms with Gasteiger partial charge in [0.2, 0.25) is 17.7 Å². The smallest absolute Gasteiger partial charge is 0.326 e. The van der Waals surface area contributed by atoms with Crippen molar-refractivity contribution in [1.82, 2.24) is 25.9 Å². The zero-order valence-electron chi connectivity index (χ0n) is 19.3. The molecule has 1 rings (SSSR count). The number of H-pyrrole nitrogens is 1. The van der Waals surface area contributed by atoms with Gasteiger partial charge in [0.05, 0.1) is 25.2 Å². The van der Waals surface area contributed by atoms with Crippen molar-refractivity contribution in [3.05, 3.63) is 18.2 Å². The first kappa shape index (κ1) is 30.0. The summed E-state index contributed by atoms with van der Waals surface area (Å²) in [7, 11) is 0. The molecule has 11 N–H and O–H groups in total. The number of carboxylic acid groups (broad SMARTS) is 3. The van der Waals surface area contributed by atoms with E-state index >= 15 is 0 Å². The summed E-state index contributed by atoms with van der Waals surface area (Å²) in [4.78, 5) is 78.2. The SMILES string of the molecule is NCCCCC(NC(=O)C(CC(=O)O)NC(=O)C(CC(=O)O)NC(=O)C(N)Cc1cnc[nH]1)C(=O)O. The number of carbonyl (C=O) groups is 6. The van der Waals surface area contributed by atoms with Crippen LogP contribution < -0.4 is 27.4 Å². The highest BCUT2D eigenvalue weighted by atomic mass is 16.4. The number of imidazole rings is 1. The number of hydrogen-bond donors (Lipinski definition) is 9. The number of carboxylic acids is 3. The largest absolute Gasteiger partial charge is 0.481 e. The first-order valence-electron chi connectivity index (χ1n) is 10.9. The Morgan fingerprint density at radius 1 is 0.861 bits per heavy atom. The average Bonchev–Trinajstić information content (AvgIpc) is 3.29. The lowest BCUT2D eigenvalue weighted by Gasteiger charge is -2.24. The minimum absolute atomic E-state index is 0.00196. The average molecular weight is 514 g/mol. The van der Waals surface area contributed by atoms with Gasteiger partial charge >= 0.3 is 17.9 Å².